The molecule has 0 fully saturated rings. The van der Waals surface area contributed by atoms with Gasteiger partial charge in [0.05, 0.1) is 6.61 Å². The minimum atomic E-state index is -1.78. The van der Waals surface area contributed by atoms with E-state index in [2.05, 4.69) is 11.8 Å². The molecule has 6 heteroatoms. The molecule has 1 aromatic carbocycles. The first-order valence-corrected chi connectivity index (χ1v) is 6.13. The second-order valence-electron chi connectivity index (χ2n) is 3.71. The Morgan fingerprint density at radius 3 is 2.33 bits per heavy atom. The number of ether oxygens (including phenoxy) is 1. The van der Waals surface area contributed by atoms with Gasteiger partial charge < -0.3 is 24.3 Å². The predicted octanol–water partition coefficient (Wildman–Crippen LogP) is 0.898. The lowest BCUT2D eigenvalue weighted by atomic mass is 10.2. The molecule has 0 radical (unpaired) electrons. The fourth-order valence-corrected chi connectivity index (χ4v) is 1.65. The second kappa shape index (κ2) is 7.97. The van der Waals surface area contributed by atoms with Crippen molar-refractivity contribution in [2.75, 3.05) is 31.2 Å². The van der Waals surface area contributed by atoms with E-state index in [0.29, 0.717) is 12.4 Å². The molecule has 0 heterocycles. The van der Waals surface area contributed by atoms with Gasteiger partial charge in [0.1, 0.15) is 5.75 Å². The molecular formula is C12H20BNO4. The fourth-order valence-electron chi connectivity index (χ4n) is 1.65. The lowest BCUT2D eigenvalue weighted by Crippen LogP contribution is -2.27. The second-order valence-corrected chi connectivity index (χ2v) is 3.71. The molecule has 0 spiro atoms. The van der Waals surface area contributed by atoms with E-state index in [4.69, 9.17) is 19.4 Å². The van der Waals surface area contributed by atoms with Crippen LogP contribution in [0.4, 0.5) is 5.69 Å². The zero-order valence-corrected chi connectivity index (χ0v) is 10.9. The summed E-state index contributed by atoms with van der Waals surface area (Å²) in [5, 5.41) is 17.4. The van der Waals surface area contributed by atoms with E-state index in [1.807, 2.05) is 19.1 Å². The maximum atomic E-state index is 8.68. The molecule has 0 aromatic heterocycles. The smallest absolute Gasteiger partial charge is 0.512 e. The van der Waals surface area contributed by atoms with Gasteiger partial charge >= 0.3 is 7.32 Å². The van der Waals surface area contributed by atoms with Crippen LogP contribution >= 0.6 is 0 Å². The average molecular weight is 253 g/mol. The maximum Gasteiger partial charge on any atom is 0.707 e. The van der Waals surface area contributed by atoms with Gasteiger partial charge in [-0.3, -0.25) is 0 Å². The van der Waals surface area contributed by atoms with E-state index in [1.165, 1.54) is 0 Å². The average Bonchev–Trinajstić information content (AvgIpc) is 2.35. The number of hydrogen-bond donors (Lipinski definition) is 2. The standard InChI is InChI=1S/C12H20BNO4/c1-3-14(9-10-17-4-2)11-5-7-12(8-6-11)18-13(15)16/h5-8,15-16H,3-4,9-10H2,1-2H3. The molecule has 0 bridgehead atoms. The topological polar surface area (TPSA) is 62.2 Å². The highest BCUT2D eigenvalue weighted by molar-refractivity contribution is 6.33. The van der Waals surface area contributed by atoms with Crippen molar-refractivity contribution in [2.24, 2.45) is 0 Å². The Morgan fingerprint density at radius 2 is 1.83 bits per heavy atom. The number of anilines is 1. The van der Waals surface area contributed by atoms with Crippen molar-refractivity contribution in [3.63, 3.8) is 0 Å². The third-order valence-electron chi connectivity index (χ3n) is 2.53. The summed E-state index contributed by atoms with van der Waals surface area (Å²) < 4.78 is 10.1. The van der Waals surface area contributed by atoms with Gasteiger partial charge in [0.2, 0.25) is 0 Å². The van der Waals surface area contributed by atoms with Crippen LogP contribution in [0.1, 0.15) is 13.8 Å². The number of rotatable bonds is 8. The summed E-state index contributed by atoms with van der Waals surface area (Å²) in [6.07, 6.45) is 0. The minimum absolute atomic E-state index is 0.426. The van der Waals surface area contributed by atoms with Crippen molar-refractivity contribution in [1.82, 2.24) is 0 Å². The van der Waals surface area contributed by atoms with Crippen LogP contribution in [0, 0.1) is 0 Å². The van der Waals surface area contributed by atoms with Gasteiger partial charge in [0, 0.05) is 25.4 Å². The van der Waals surface area contributed by atoms with Gasteiger partial charge in [0.25, 0.3) is 0 Å². The van der Waals surface area contributed by atoms with Crippen LogP contribution in [0.15, 0.2) is 24.3 Å². The number of nitrogens with zero attached hydrogens (tertiary/aromatic N) is 1. The third kappa shape index (κ3) is 4.95. The summed E-state index contributed by atoms with van der Waals surface area (Å²) in [4.78, 5) is 2.18. The Morgan fingerprint density at radius 1 is 1.17 bits per heavy atom. The summed E-state index contributed by atoms with van der Waals surface area (Å²) in [6.45, 7) is 7.18. The Labute approximate surface area is 108 Å². The van der Waals surface area contributed by atoms with Crippen LogP contribution in [-0.2, 0) is 4.74 Å². The van der Waals surface area contributed by atoms with Crippen LogP contribution in [-0.4, -0.2) is 43.7 Å². The fraction of sp³-hybridized carbons (Fsp3) is 0.500. The van der Waals surface area contributed by atoms with Crippen LogP contribution in [0.25, 0.3) is 0 Å². The van der Waals surface area contributed by atoms with Gasteiger partial charge in [-0.1, -0.05) is 0 Å². The molecule has 0 unspecified atom stereocenters. The van der Waals surface area contributed by atoms with Gasteiger partial charge in [-0.05, 0) is 38.1 Å². The molecule has 1 rings (SSSR count). The van der Waals surface area contributed by atoms with Crippen molar-refractivity contribution in [3.8, 4) is 5.75 Å². The predicted molar refractivity (Wildman–Crippen MR) is 71.6 cm³/mol. The first kappa shape index (κ1) is 14.8. The normalized spacial score (nSPS) is 10.2. The van der Waals surface area contributed by atoms with Crippen molar-refractivity contribution in [2.45, 2.75) is 13.8 Å². The third-order valence-corrected chi connectivity index (χ3v) is 2.53. The van der Waals surface area contributed by atoms with E-state index in [-0.39, 0.29) is 0 Å². The molecule has 18 heavy (non-hydrogen) atoms. The van der Waals surface area contributed by atoms with Crippen molar-refractivity contribution < 1.29 is 19.4 Å². The number of likely N-dealkylation sites (N-methyl/N-ethyl adjacent to an activating group) is 1. The highest BCUT2D eigenvalue weighted by Crippen LogP contribution is 2.19. The van der Waals surface area contributed by atoms with Gasteiger partial charge in [0.15, 0.2) is 0 Å². The van der Waals surface area contributed by atoms with Crippen molar-refractivity contribution in [3.05, 3.63) is 24.3 Å². The first-order chi connectivity index (χ1) is 8.67. The van der Waals surface area contributed by atoms with Crippen LogP contribution < -0.4 is 9.55 Å². The Balaban J connectivity index is 2.57. The van der Waals surface area contributed by atoms with Crippen LogP contribution in [0.2, 0.25) is 0 Å². The molecule has 2 N–H and O–H groups in total. The SMILES string of the molecule is CCOCCN(CC)c1ccc(OB(O)O)cc1. The number of benzene rings is 1. The molecule has 0 saturated heterocycles. The molecule has 0 atom stereocenters. The molecule has 1 aromatic rings. The summed E-state index contributed by atoms with van der Waals surface area (Å²) in [7, 11) is -1.78. The van der Waals surface area contributed by atoms with Gasteiger partial charge in [-0.25, -0.2) is 0 Å². The first-order valence-electron chi connectivity index (χ1n) is 6.13. The minimum Gasteiger partial charge on any atom is -0.512 e. The van der Waals surface area contributed by atoms with Crippen molar-refractivity contribution in [1.29, 1.82) is 0 Å². The van der Waals surface area contributed by atoms with Crippen LogP contribution in [0.5, 0.6) is 5.75 Å². The molecule has 5 nitrogen and oxygen atoms in total. The lowest BCUT2D eigenvalue weighted by molar-refractivity contribution is 0.154. The van der Waals surface area contributed by atoms with E-state index in [0.717, 1.165) is 25.4 Å². The van der Waals surface area contributed by atoms with E-state index < -0.39 is 7.32 Å². The quantitative estimate of drug-likeness (QED) is 0.532. The van der Waals surface area contributed by atoms with Crippen LogP contribution in [0.3, 0.4) is 0 Å². The Kier molecular flexibility index (Phi) is 6.56. The molecule has 0 saturated carbocycles. The molecule has 0 amide bonds. The molecule has 0 aliphatic rings. The lowest BCUT2D eigenvalue weighted by Gasteiger charge is -2.23. The maximum absolute atomic E-state index is 8.68. The number of hydrogen-bond acceptors (Lipinski definition) is 5. The largest absolute Gasteiger partial charge is 0.707 e. The zero-order valence-electron chi connectivity index (χ0n) is 10.9. The Hall–Kier alpha value is -1.24. The monoisotopic (exact) mass is 253 g/mol. The van der Waals surface area contributed by atoms with Gasteiger partial charge in [-0.15, -0.1) is 0 Å². The highest BCUT2D eigenvalue weighted by Gasteiger charge is 2.11. The van der Waals surface area contributed by atoms with Gasteiger partial charge in [-0.2, -0.15) is 0 Å². The highest BCUT2D eigenvalue weighted by atomic mass is 16.6. The van der Waals surface area contributed by atoms with E-state index >= 15 is 0 Å². The molecular weight excluding hydrogens is 233 g/mol. The zero-order chi connectivity index (χ0) is 13.4. The Bertz CT molecular complexity index is 331. The van der Waals surface area contributed by atoms with E-state index in [1.54, 1.807) is 12.1 Å². The molecule has 100 valence electrons. The molecule has 0 aliphatic heterocycles. The summed E-state index contributed by atoms with van der Waals surface area (Å²) in [5.74, 6) is 0.426. The molecule has 0 aliphatic carbocycles. The van der Waals surface area contributed by atoms with Crippen molar-refractivity contribution >= 4 is 13.0 Å². The summed E-state index contributed by atoms with van der Waals surface area (Å²) in [5.41, 5.74) is 1.05. The summed E-state index contributed by atoms with van der Waals surface area (Å²) >= 11 is 0. The van der Waals surface area contributed by atoms with E-state index in [9.17, 15) is 0 Å². The summed E-state index contributed by atoms with van der Waals surface area (Å²) in [6, 6.07) is 7.18.